The minimum Gasteiger partial charge on any atom is -0.496 e. The van der Waals surface area contributed by atoms with E-state index in [0.717, 1.165) is 5.56 Å². The molecular weight excluding hydrogens is 508 g/mol. The Morgan fingerprint density at radius 2 is 1.82 bits per heavy atom. The van der Waals surface area contributed by atoms with Gasteiger partial charge < -0.3 is 23.6 Å². The lowest BCUT2D eigenvalue weighted by molar-refractivity contribution is -0.168. The van der Waals surface area contributed by atoms with Crippen molar-refractivity contribution < 1.29 is 28.3 Å². The number of aryl methyl sites for hydroxylation is 1. The third-order valence-electron chi connectivity index (χ3n) is 7.27. The van der Waals surface area contributed by atoms with Gasteiger partial charge in [-0.05, 0) is 76.5 Å². The molecular formula is C32H48N2O6. The lowest BCUT2D eigenvalue weighted by Gasteiger charge is -2.41. The zero-order valence-corrected chi connectivity index (χ0v) is 26.2. The number of hydrogen-bond donors (Lipinski definition) is 0. The number of amides is 1. The van der Waals surface area contributed by atoms with Crippen molar-refractivity contribution in [3.05, 3.63) is 46.8 Å². The van der Waals surface area contributed by atoms with Crippen LogP contribution in [0.5, 0.6) is 5.75 Å². The van der Waals surface area contributed by atoms with E-state index in [1.807, 2.05) is 52.8 Å². The van der Waals surface area contributed by atoms with Crippen LogP contribution in [-0.2, 0) is 19.7 Å². The van der Waals surface area contributed by atoms with Crippen molar-refractivity contribution in [2.24, 2.45) is 11.8 Å². The summed E-state index contributed by atoms with van der Waals surface area (Å²) in [7, 11) is 1.61. The van der Waals surface area contributed by atoms with Crippen molar-refractivity contribution >= 4 is 11.9 Å². The predicted molar refractivity (Wildman–Crippen MR) is 154 cm³/mol. The number of likely N-dealkylation sites (tertiary alicyclic amines) is 1. The van der Waals surface area contributed by atoms with Gasteiger partial charge in [-0.15, -0.1) is 0 Å². The number of aromatic nitrogens is 1. The predicted octanol–water partition coefficient (Wildman–Crippen LogP) is 6.66. The molecule has 3 atom stereocenters. The summed E-state index contributed by atoms with van der Waals surface area (Å²) >= 11 is 0. The van der Waals surface area contributed by atoms with Gasteiger partial charge in [0, 0.05) is 24.2 Å². The Morgan fingerprint density at radius 1 is 1.15 bits per heavy atom. The van der Waals surface area contributed by atoms with E-state index in [9.17, 15) is 9.59 Å². The van der Waals surface area contributed by atoms with E-state index < -0.39 is 23.2 Å². The van der Waals surface area contributed by atoms with Crippen molar-refractivity contribution in [2.45, 2.75) is 105 Å². The fraction of sp³-hybridized carbons (Fsp3) is 0.656. The maximum absolute atomic E-state index is 14.7. The van der Waals surface area contributed by atoms with Gasteiger partial charge in [-0.3, -0.25) is 4.79 Å². The Hall–Kier alpha value is -2.87. The number of rotatable bonds is 9. The molecule has 0 radical (unpaired) electrons. The molecule has 1 aromatic carbocycles. The summed E-state index contributed by atoms with van der Waals surface area (Å²) < 4.78 is 23.2. The minimum atomic E-state index is -1.23. The van der Waals surface area contributed by atoms with E-state index >= 15 is 0 Å². The van der Waals surface area contributed by atoms with E-state index in [2.05, 4.69) is 39.8 Å². The molecule has 3 rings (SSSR count). The van der Waals surface area contributed by atoms with Gasteiger partial charge in [0.05, 0.1) is 19.8 Å². The van der Waals surface area contributed by atoms with E-state index in [-0.39, 0.29) is 23.2 Å². The quantitative estimate of drug-likeness (QED) is 0.319. The molecule has 1 aliphatic heterocycles. The van der Waals surface area contributed by atoms with Crippen LogP contribution in [0.25, 0.3) is 0 Å². The summed E-state index contributed by atoms with van der Waals surface area (Å²) in [5.74, 6) is 0.470. The van der Waals surface area contributed by atoms with Gasteiger partial charge in [-0.1, -0.05) is 45.8 Å². The Labute approximate surface area is 239 Å². The van der Waals surface area contributed by atoms with Crippen LogP contribution in [0, 0.1) is 18.8 Å². The molecule has 8 heteroatoms. The summed E-state index contributed by atoms with van der Waals surface area (Å²) in [4.78, 5) is 30.7. The van der Waals surface area contributed by atoms with Crippen LogP contribution in [0.2, 0.25) is 0 Å². The monoisotopic (exact) mass is 556 g/mol. The second kappa shape index (κ2) is 11.9. The molecule has 0 spiro atoms. The molecule has 1 aromatic heterocycles. The highest BCUT2D eigenvalue weighted by molar-refractivity contribution is 5.99. The topological polar surface area (TPSA) is 91.1 Å². The lowest BCUT2D eigenvalue weighted by atomic mass is 9.83. The number of benzene rings is 1. The maximum atomic E-state index is 14.7. The highest BCUT2D eigenvalue weighted by atomic mass is 16.6. The van der Waals surface area contributed by atoms with Gasteiger partial charge in [-0.2, -0.15) is 0 Å². The largest absolute Gasteiger partial charge is 0.496 e. The lowest BCUT2D eigenvalue weighted by Crippen LogP contribution is -2.56. The number of esters is 1. The van der Waals surface area contributed by atoms with Gasteiger partial charge in [-0.25, -0.2) is 4.79 Å². The number of methoxy groups -OCH3 is 1. The van der Waals surface area contributed by atoms with Crippen LogP contribution < -0.4 is 4.74 Å². The van der Waals surface area contributed by atoms with Crippen molar-refractivity contribution in [1.29, 1.82) is 0 Å². The van der Waals surface area contributed by atoms with Crippen LogP contribution >= 0.6 is 0 Å². The highest BCUT2D eigenvalue weighted by Crippen LogP contribution is 2.51. The number of ether oxygens (including phenoxy) is 3. The van der Waals surface area contributed by atoms with E-state index in [1.165, 1.54) is 0 Å². The maximum Gasteiger partial charge on any atom is 0.332 e. The number of nitrogens with zero attached hydrogens (tertiary/aromatic N) is 2. The van der Waals surface area contributed by atoms with Crippen LogP contribution in [0.4, 0.5) is 0 Å². The summed E-state index contributed by atoms with van der Waals surface area (Å²) in [6, 6.07) is 6.83. The third-order valence-corrected chi connectivity index (χ3v) is 7.27. The summed E-state index contributed by atoms with van der Waals surface area (Å²) in [5.41, 5.74) is -0.112. The SMILES string of the molecule is CCOC[C@H]1C[C@@](CC(C)C)(C(=O)OC(C)(C)C)N(C(=O)c2ccc(C(C)(C)C)c(OC)c2)[C@H]1c1cc(C)on1. The zero-order chi connectivity index (χ0) is 30.0. The molecule has 0 N–H and O–H groups in total. The van der Waals surface area contributed by atoms with Crippen molar-refractivity contribution in [3.8, 4) is 5.75 Å². The molecule has 40 heavy (non-hydrogen) atoms. The molecule has 0 saturated carbocycles. The van der Waals surface area contributed by atoms with Gasteiger partial charge in [0.15, 0.2) is 0 Å². The van der Waals surface area contributed by atoms with Gasteiger partial charge >= 0.3 is 5.97 Å². The second-order valence-electron chi connectivity index (χ2n) is 13.4. The first-order chi connectivity index (χ1) is 18.5. The van der Waals surface area contributed by atoms with E-state index in [1.54, 1.807) is 18.1 Å². The molecule has 1 amide bonds. The first-order valence-electron chi connectivity index (χ1n) is 14.3. The van der Waals surface area contributed by atoms with E-state index in [0.29, 0.717) is 48.8 Å². The fourth-order valence-corrected chi connectivity index (χ4v) is 5.84. The molecule has 2 heterocycles. The molecule has 1 aliphatic rings. The summed E-state index contributed by atoms with van der Waals surface area (Å²) in [6.07, 6.45) is 0.820. The molecule has 8 nitrogen and oxygen atoms in total. The van der Waals surface area contributed by atoms with Gasteiger partial charge in [0.25, 0.3) is 5.91 Å². The average molecular weight is 557 g/mol. The van der Waals surface area contributed by atoms with Crippen molar-refractivity contribution in [3.63, 3.8) is 0 Å². The Kier molecular flexibility index (Phi) is 9.44. The fourth-order valence-electron chi connectivity index (χ4n) is 5.84. The Morgan fingerprint density at radius 3 is 2.33 bits per heavy atom. The zero-order valence-electron chi connectivity index (χ0n) is 26.2. The molecule has 0 unspecified atom stereocenters. The molecule has 0 bridgehead atoms. The highest BCUT2D eigenvalue weighted by Gasteiger charge is 2.60. The molecule has 222 valence electrons. The normalized spacial score (nSPS) is 21.6. The van der Waals surface area contributed by atoms with Crippen LogP contribution in [-0.4, -0.2) is 53.4 Å². The summed E-state index contributed by atoms with van der Waals surface area (Å²) in [6.45, 7) is 20.6. The second-order valence-corrected chi connectivity index (χ2v) is 13.4. The summed E-state index contributed by atoms with van der Waals surface area (Å²) in [5, 5.41) is 4.34. The standard InChI is InChI=1S/C32H48N2O6/c1-12-38-19-23-18-32(17-20(2)3,29(36)39-31(8,9)10)34(27(23)25-15-21(4)40-33-25)28(35)22-13-14-24(30(5,6)7)26(16-22)37-11/h13-16,20,23,27H,12,17-19H2,1-11H3/t23-,27-,32+/m1/s1. The van der Waals surface area contributed by atoms with Crippen LogP contribution in [0.3, 0.4) is 0 Å². The van der Waals surface area contributed by atoms with Crippen LogP contribution in [0.15, 0.2) is 28.8 Å². The average Bonchev–Trinajstić information content (AvgIpc) is 3.41. The first kappa shape index (κ1) is 31.7. The molecule has 1 fully saturated rings. The molecule has 1 saturated heterocycles. The number of hydrogen-bond acceptors (Lipinski definition) is 7. The Balaban J connectivity index is 2.28. The van der Waals surface area contributed by atoms with Gasteiger partial charge in [0.2, 0.25) is 0 Å². The van der Waals surface area contributed by atoms with Crippen molar-refractivity contribution in [1.82, 2.24) is 10.1 Å². The molecule has 2 aromatic rings. The number of carbonyl (C=O) groups is 2. The van der Waals surface area contributed by atoms with Crippen molar-refractivity contribution in [2.75, 3.05) is 20.3 Å². The van der Waals surface area contributed by atoms with E-state index in [4.69, 9.17) is 18.7 Å². The molecule has 0 aliphatic carbocycles. The smallest absolute Gasteiger partial charge is 0.332 e. The van der Waals surface area contributed by atoms with Gasteiger partial charge in [0.1, 0.15) is 28.3 Å². The minimum absolute atomic E-state index is 0.103. The third kappa shape index (κ3) is 6.70. The number of carbonyl (C=O) groups excluding carboxylic acids is 2. The first-order valence-corrected chi connectivity index (χ1v) is 14.3. The Bertz CT molecular complexity index is 1190. The van der Waals surface area contributed by atoms with Crippen LogP contribution in [0.1, 0.15) is 109 Å².